The van der Waals surface area contributed by atoms with Crippen LogP contribution in [0.1, 0.15) is 65.2 Å². The lowest BCUT2D eigenvalue weighted by atomic mass is 10.2. The van der Waals surface area contributed by atoms with Gasteiger partial charge in [-0.1, -0.05) is 52.4 Å². The summed E-state index contributed by atoms with van der Waals surface area (Å²) < 4.78 is 25.1. The number of nitrogens with zero attached hydrogens (tertiary/aromatic N) is 1. The van der Waals surface area contributed by atoms with E-state index in [1.807, 2.05) is 0 Å². The molecular formula is C13H26NO3P. The van der Waals surface area contributed by atoms with E-state index in [0.29, 0.717) is 13.2 Å². The van der Waals surface area contributed by atoms with Crippen molar-refractivity contribution < 1.29 is 13.6 Å². The molecule has 4 nitrogen and oxygen atoms in total. The van der Waals surface area contributed by atoms with Crippen molar-refractivity contribution in [3.63, 3.8) is 0 Å². The normalized spacial score (nSPS) is 11.4. The second-order valence-corrected chi connectivity index (χ2v) is 6.01. The Morgan fingerprint density at radius 1 is 0.889 bits per heavy atom. The summed E-state index contributed by atoms with van der Waals surface area (Å²) in [7, 11) is -3.51. The first-order chi connectivity index (χ1) is 8.68. The van der Waals surface area contributed by atoms with Crippen LogP contribution in [-0.4, -0.2) is 13.2 Å². The standard InChI is InChI=1S/C13H26NO3P/c1-4-6-8-10-12-16-18(15,14-3)17-13-11-9-7-5-2/h4-13H2,1-2H3. The molecule has 106 valence electrons. The number of hydrogen-bond acceptors (Lipinski definition) is 3. The van der Waals surface area contributed by atoms with E-state index in [0.717, 1.165) is 51.4 Å². The molecule has 0 N–H and O–H groups in total. The highest BCUT2D eigenvalue weighted by atomic mass is 31.2. The van der Waals surface area contributed by atoms with Crippen molar-refractivity contribution in [3.05, 3.63) is 11.2 Å². The number of unbranched alkanes of at least 4 members (excludes halogenated alkanes) is 6. The molecule has 0 rings (SSSR count). The molecule has 0 bridgehead atoms. The molecule has 0 amide bonds. The topological polar surface area (TPSA) is 39.9 Å². The van der Waals surface area contributed by atoms with Crippen molar-refractivity contribution in [1.29, 1.82) is 0 Å². The highest BCUT2D eigenvalue weighted by Crippen LogP contribution is 2.50. The third kappa shape index (κ3) is 9.65. The number of rotatable bonds is 12. The summed E-state index contributed by atoms with van der Waals surface area (Å²) in [4.78, 5) is 0. The minimum Gasteiger partial charge on any atom is -0.244 e. The zero-order chi connectivity index (χ0) is 13.7. The average molecular weight is 275 g/mol. The van der Waals surface area contributed by atoms with E-state index in [1.165, 1.54) is 0 Å². The molecule has 0 saturated carbocycles. The van der Waals surface area contributed by atoms with Gasteiger partial charge in [-0.3, -0.25) is 0 Å². The fraction of sp³-hybridized carbons (Fsp3) is 0.923. The van der Waals surface area contributed by atoms with Gasteiger partial charge < -0.3 is 0 Å². The molecule has 0 unspecified atom stereocenters. The van der Waals surface area contributed by atoms with Crippen LogP contribution in [0.5, 0.6) is 0 Å². The first-order valence-electron chi connectivity index (χ1n) is 6.96. The van der Waals surface area contributed by atoms with Crippen LogP contribution in [-0.2, 0) is 13.6 Å². The van der Waals surface area contributed by atoms with E-state index in [9.17, 15) is 4.57 Å². The molecule has 0 spiro atoms. The molecule has 0 radical (unpaired) electrons. The summed E-state index contributed by atoms with van der Waals surface area (Å²) >= 11 is 0. The lowest BCUT2D eigenvalue weighted by molar-refractivity contribution is 0.205. The van der Waals surface area contributed by atoms with Crippen molar-refractivity contribution in [2.75, 3.05) is 13.2 Å². The van der Waals surface area contributed by atoms with Crippen molar-refractivity contribution >= 4 is 7.75 Å². The van der Waals surface area contributed by atoms with Crippen LogP contribution in [0.15, 0.2) is 0 Å². The summed E-state index contributed by atoms with van der Waals surface area (Å²) in [6.07, 6.45) is 8.35. The maximum atomic E-state index is 11.8. The Balaban J connectivity index is 3.69. The van der Waals surface area contributed by atoms with E-state index in [2.05, 4.69) is 18.5 Å². The molecule has 0 heterocycles. The lowest BCUT2D eigenvalue weighted by Gasteiger charge is -2.06. The van der Waals surface area contributed by atoms with Gasteiger partial charge in [0, 0.05) is 0 Å². The van der Waals surface area contributed by atoms with Gasteiger partial charge in [0.1, 0.15) is 0 Å². The van der Waals surface area contributed by atoms with E-state index >= 15 is 0 Å². The Bertz CT molecular complexity index is 258. The molecule has 0 fully saturated rings. The molecule has 0 aromatic heterocycles. The van der Waals surface area contributed by atoms with E-state index in [1.54, 1.807) is 0 Å². The lowest BCUT2D eigenvalue weighted by Crippen LogP contribution is -1.97. The van der Waals surface area contributed by atoms with Crippen LogP contribution in [0.4, 0.5) is 0 Å². The van der Waals surface area contributed by atoms with Gasteiger partial charge in [-0.15, -0.1) is 0 Å². The highest BCUT2D eigenvalue weighted by molar-refractivity contribution is 7.56. The molecule has 18 heavy (non-hydrogen) atoms. The second-order valence-electron chi connectivity index (χ2n) is 4.36. The minimum atomic E-state index is -3.51. The third-order valence-electron chi connectivity index (χ3n) is 2.63. The molecule has 0 aliphatic heterocycles. The summed E-state index contributed by atoms with van der Waals surface area (Å²) in [6.45, 7) is 11.9. The zero-order valence-corrected chi connectivity index (χ0v) is 12.6. The van der Waals surface area contributed by atoms with Gasteiger partial charge in [0.2, 0.25) is 0 Å². The van der Waals surface area contributed by atoms with Crippen LogP contribution in [0.2, 0.25) is 0 Å². The summed E-state index contributed by atoms with van der Waals surface area (Å²) in [5, 5.41) is 0. The SMILES string of the molecule is [C-]#[N+]P(=O)(OCCCCCC)OCCCCCC. The van der Waals surface area contributed by atoms with Gasteiger partial charge in [0.05, 0.1) is 13.2 Å². The smallest absolute Gasteiger partial charge is 0.244 e. The maximum Gasteiger partial charge on any atom is 0.693 e. The zero-order valence-electron chi connectivity index (χ0n) is 11.7. The van der Waals surface area contributed by atoms with E-state index < -0.39 is 7.75 Å². The molecule has 0 aromatic carbocycles. The highest BCUT2D eigenvalue weighted by Gasteiger charge is 2.33. The Morgan fingerprint density at radius 2 is 1.33 bits per heavy atom. The largest absolute Gasteiger partial charge is 0.693 e. The first kappa shape index (κ1) is 17.6. The molecule has 0 aliphatic carbocycles. The van der Waals surface area contributed by atoms with Crippen LogP contribution in [0.3, 0.4) is 0 Å². The predicted octanol–water partition coefficient (Wildman–Crippen LogP) is 5.21. The monoisotopic (exact) mass is 275 g/mol. The van der Waals surface area contributed by atoms with Crippen molar-refractivity contribution in [2.24, 2.45) is 0 Å². The molecule has 0 atom stereocenters. The molecule has 5 heteroatoms. The molecule has 0 aromatic rings. The van der Waals surface area contributed by atoms with Gasteiger partial charge >= 0.3 is 7.75 Å². The van der Waals surface area contributed by atoms with Gasteiger partial charge in [0.25, 0.3) is 0 Å². The Morgan fingerprint density at radius 3 is 1.67 bits per heavy atom. The molecular weight excluding hydrogens is 249 g/mol. The molecule has 0 saturated heterocycles. The van der Waals surface area contributed by atoms with Crippen LogP contribution >= 0.6 is 7.75 Å². The van der Waals surface area contributed by atoms with Gasteiger partial charge in [-0.25, -0.2) is 20.2 Å². The van der Waals surface area contributed by atoms with Crippen molar-refractivity contribution in [1.82, 2.24) is 0 Å². The van der Waals surface area contributed by atoms with Gasteiger partial charge in [0.15, 0.2) is 0 Å². The Kier molecular flexibility index (Phi) is 11.5. The summed E-state index contributed by atoms with van der Waals surface area (Å²) in [5.74, 6) is 0. The van der Waals surface area contributed by atoms with Crippen LogP contribution < -0.4 is 0 Å². The minimum absolute atomic E-state index is 0.356. The fourth-order valence-electron chi connectivity index (χ4n) is 1.51. The van der Waals surface area contributed by atoms with E-state index in [4.69, 9.17) is 15.6 Å². The van der Waals surface area contributed by atoms with Crippen molar-refractivity contribution in [3.8, 4) is 0 Å². The van der Waals surface area contributed by atoms with Gasteiger partial charge in [-0.2, -0.15) is 4.57 Å². The van der Waals surface area contributed by atoms with E-state index in [-0.39, 0.29) is 0 Å². The van der Waals surface area contributed by atoms with Crippen molar-refractivity contribution in [2.45, 2.75) is 65.2 Å². The maximum absolute atomic E-state index is 11.8. The fourth-order valence-corrected chi connectivity index (χ4v) is 2.42. The average Bonchev–Trinajstić information content (AvgIpc) is 2.38. The summed E-state index contributed by atoms with van der Waals surface area (Å²) in [6, 6.07) is 0. The Labute approximate surface area is 111 Å². The quantitative estimate of drug-likeness (QED) is 0.279. The second kappa shape index (κ2) is 11.7. The molecule has 0 aliphatic rings. The Hall–Kier alpha value is -0.360. The summed E-state index contributed by atoms with van der Waals surface area (Å²) in [5.41, 5.74) is 0. The first-order valence-corrected chi connectivity index (χ1v) is 8.46. The number of hydrogen-bond donors (Lipinski definition) is 0. The van der Waals surface area contributed by atoms with Crippen LogP contribution in [0.25, 0.3) is 4.62 Å². The third-order valence-corrected chi connectivity index (χ3v) is 3.89. The van der Waals surface area contributed by atoms with Gasteiger partial charge in [-0.05, 0) is 12.8 Å². The predicted molar refractivity (Wildman–Crippen MR) is 74.4 cm³/mol. The van der Waals surface area contributed by atoms with Crippen LogP contribution in [0, 0.1) is 6.57 Å².